The number of nitro groups is 1. The van der Waals surface area contributed by atoms with E-state index in [0.29, 0.717) is 0 Å². The van der Waals surface area contributed by atoms with E-state index in [1.165, 1.54) is 0 Å². The molecule has 0 spiro atoms. The van der Waals surface area contributed by atoms with Gasteiger partial charge in [-0.15, -0.1) is 0 Å². The van der Waals surface area contributed by atoms with Gasteiger partial charge in [0.05, 0.1) is 16.5 Å². The van der Waals surface area contributed by atoms with Crippen molar-refractivity contribution in [1.29, 1.82) is 0 Å². The van der Waals surface area contributed by atoms with Gasteiger partial charge in [0.15, 0.2) is 0 Å². The Balaban J connectivity index is 2.93. The Morgan fingerprint density at radius 1 is 1.50 bits per heavy atom. The number of hydrogen-bond donors (Lipinski definition) is 2. The van der Waals surface area contributed by atoms with Crippen LogP contribution in [0, 0.1) is 10.1 Å². The molecule has 1 rings (SSSR count). The van der Waals surface area contributed by atoms with Gasteiger partial charge < -0.3 is 15.5 Å². The van der Waals surface area contributed by atoms with Crippen molar-refractivity contribution < 1.29 is 4.92 Å². The fourth-order valence-corrected chi connectivity index (χ4v) is 2.19. The molecule has 0 aromatic carbocycles. The van der Waals surface area contributed by atoms with Gasteiger partial charge in [0, 0.05) is 12.2 Å². The second-order valence-corrected chi connectivity index (χ2v) is 4.79. The van der Waals surface area contributed by atoms with Gasteiger partial charge >= 0.3 is 0 Å². The zero-order valence-electron chi connectivity index (χ0n) is 11.4. The summed E-state index contributed by atoms with van der Waals surface area (Å²) in [4.78, 5) is 12.6. The van der Waals surface area contributed by atoms with E-state index in [1.54, 1.807) is 12.2 Å². The summed E-state index contributed by atoms with van der Waals surface area (Å²) in [7, 11) is 7.74. The fourth-order valence-electron chi connectivity index (χ4n) is 2.19. The molecule has 0 aromatic rings. The van der Waals surface area contributed by atoms with E-state index in [1.807, 2.05) is 34.3 Å². The van der Waals surface area contributed by atoms with Crippen molar-refractivity contribution in [1.82, 2.24) is 15.5 Å². The smallest absolute Gasteiger partial charge is 0.266 e. The Morgan fingerprint density at radius 3 is 2.61 bits per heavy atom. The molecule has 2 unspecified atom stereocenters. The summed E-state index contributed by atoms with van der Waals surface area (Å²) in [5.74, 6) is 0. The molecule has 0 fully saturated rings. The van der Waals surface area contributed by atoms with Crippen LogP contribution in [-0.4, -0.2) is 56.1 Å². The van der Waals surface area contributed by atoms with E-state index < -0.39 is 0 Å². The molecule has 2 atom stereocenters. The fraction of sp³-hybridized carbons (Fsp3) is 0.667. The quantitative estimate of drug-likeness (QED) is 0.524. The van der Waals surface area contributed by atoms with Crippen LogP contribution >= 0.6 is 0 Å². The molecule has 0 radical (unpaired) electrons. The maximum atomic E-state index is 10.8. The number of rotatable bonds is 6. The van der Waals surface area contributed by atoms with E-state index in [2.05, 4.69) is 15.5 Å². The molecule has 6 nitrogen and oxygen atoms in total. The number of hydrogen-bond acceptors (Lipinski definition) is 5. The predicted octanol–water partition coefficient (Wildman–Crippen LogP) is 0.215. The average molecular weight is 254 g/mol. The lowest BCUT2D eigenvalue weighted by molar-refractivity contribution is -0.419. The summed E-state index contributed by atoms with van der Waals surface area (Å²) in [5, 5.41) is 17.2. The van der Waals surface area contributed by atoms with E-state index in [0.717, 1.165) is 13.0 Å². The van der Waals surface area contributed by atoms with Crippen LogP contribution in [0.5, 0.6) is 0 Å². The van der Waals surface area contributed by atoms with Crippen molar-refractivity contribution in [2.45, 2.75) is 18.0 Å². The molecule has 0 bridgehead atoms. The van der Waals surface area contributed by atoms with Crippen molar-refractivity contribution in [2.75, 3.05) is 34.7 Å². The highest BCUT2D eigenvalue weighted by Crippen LogP contribution is 2.25. The highest BCUT2D eigenvalue weighted by molar-refractivity contribution is 5.31. The number of likely N-dealkylation sites (N-methyl/N-ethyl adjacent to an activating group) is 2. The summed E-state index contributed by atoms with van der Waals surface area (Å²) >= 11 is 0. The lowest BCUT2D eigenvalue weighted by Crippen LogP contribution is -2.58. The van der Waals surface area contributed by atoms with Crippen molar-refractivity contribution in [3.63, 3.8) is 0 Å². The summed E-state index contributed by atoms with van der Waals surface area (Å²) in [5.41, 5.74) is -0.136. The largest absolute Gasteiger partial charge is 0.311 e. The Morgan fingerprint density at radius 2 is 2.17 bits per heavy atom. The normalized spacial score (nSPS) is 27.4. The molecular weight excluding hydrogens is 232 g/mol. The first kappa shape index (κ1) is 14.8. The van der Waals surface area contributed by atoms with Gasteiger partial charge in [0.1, 0.15) is 0 Å². The first-order valence-electron chi connectivity index (χ1n) is 6.01. The maximum Gasteiger partial charge on any atom is 0.266 e. The zero-order chi connectivity index (χ0) is 13.8. The first-order valence-corrected chi connectivity index (χ1v) is 6.01. The monoisotopic (exact) mass is 254 g/mol. The van der Waals surface area contributed by atoms with Crippen LogP contribution in [0.2, 0.25) is 0 Å². The third-order valence-corrected chi connectivity index (χ3v) is 3.40. The molecule has 18 heavy (non-hydrogen) atoms. The molecule has 2 N–H and O–H groups in total. The maximum absolute atomic E-state index is 10.8. The molecule has 0 saturated carbocycles. The molecule has 0 aliphatic heterocycles. The molecule has 0 heterocycles. The first-order chi connectivity index (χ1) is 8.45. The number of nitrogens with one attached hydrogen (secondary N) is 2. The Hall–Kier alpha value is -1.24. The van der Waals surface area contributed by atoms with Gasteiger partial charge in [0.2, 0.25) is 0 Å². The molecular formula is C12H22N4O2. The van der Waals surface area contributed by atoms with Crippen LogP contribution < -0.4 is 10.6 Å². The van der Waals surface area contributed by atoms with Crippen molar-refractivity contribution in [2.24, 2.45) is 0 Å². The van der Waals surface area contributed by atoms with Crippen LogP contribution in [0.3, 0.4) is 0 Å². The third kappa shape index (κ3) is 3.16. The minimum Gasteiger partial charge on any atom is -0.311 e. The molecule has 1 aliphatic carbocycles. The van der Waals surface area contributed by atoms with Gasteiger partial charge in [-0.1, -0.05) is 6.08 Å². The van der Waals surface area contributed by atoms with Gasteiger partial charge in [-0.05, 0) is 41.2 Å². The van der Waals surface area contributed by atoms with Gasteiger partial charge in [0.25, 0.3) is 5.70 Å². The van der Waals surface area contributed by atoms with Crippen LogP contribution in [0.1, 0.15) is 6.42 Å². The van der Waals surface area contributed by atoms with E-state index >= 15 is 0 Å². The highest BCUT2D eigenvalue weighted by atomic mass is 16.6. The van der Waals surface area contributed by atoms with Crippen molar-refractivity contribution in [3.8, 4) is 0 Å². The minimum absolute atomic E-state index is 0.0900. The van der Waals surface area contributed by atoms with E-state index in [9.17, 15) is 10.1 Å². The van der Waals surface area contributed by atoms with Gasteiger partial charge in [-0.25, -0.2) is 0 Å². The summed E-state index contributed by atoms with van der Waals surface area (Å²) in [6.45, 7) is 0.908. The number of nitrogens with zero attached hydrogens (tertiary/aromatic N) is 2. The van der Waals surface area contributed by atoms with Crippen molar-refractivity contribution >= 4 is 0 Å². The molecule has 6 heteroatoms. The Labute approximate surface area is 108 Å². The number of allylic oxidation sites excluding steroid dienone is 1. The van der Waals surface area contributed by atoms with Gasteiger partial charge in [-0.2, -0.15) is 0 Å². The second-order valence-electron chi connectivity index (χ2n) is 4.79. The summed E-state index contributed by atoms with van der Waals surface area (Å²) < 4.78 is 0. The van der Waals surface area contributed by atoms with Gasteiger partial charge in [-0.3, -0.25) is 10.1 Å². The molecule has 1 aliphatic rings. The van der Waals surface area contributed by atoms with Crippen LogP contribution in [0.4, 0.5) is 0 Å². The lowest BCUT2D eigenvalue weighted by Gasteiger charge is -2.39. The Bertz CT molecular complexity index is 365. The topological polar surface area (TPSA) is 70.4 Å². The SMILES string of the molecule is CNC1C=C([N+](=O)[O-])C=CC1(CCN(C)C)NC. The third-order valence-electron chi connectivity index (χ3n) is 3.40. The molecule has 0 saturated heterocycles. The Kier molecular flexibility index (Phi) is 5.01. The van der Waals surface area contributed by atoms with Crippen molar-refractivity contribution in [3.05, 3.63) is 34.0 Å². The molecule has 0 aromatic heterocycles. The predicted molar refractivity (Wildman–Crippen MR) is 72.0 cm³/mol. The van der Waals surface area contributed by atoms with Crippen LogP contribution in [0.15, 0.2) is 23.9 Å². The molecule has 102 valence electrons. The zero-order valence-corrected chi connectivity index (χ0v) is 11.4. The summed E-state index contributed by atoms with van der Waals surface area (Å²) in [6.07, 6.45) is 6.03. The van der Waals surface area contributed by atoms with E-state index in [4.69, 9.17) is 0 Å². The molecule has 0 amide bonds. The van der Waals surface area contributed by atoms with E-state index in [-0.39, 0.29) is 22.2 Å². The second kappa shape index (κ2) is 6.08. The summed E-state index contributed by atoms with van der Waals surface area (Å²) in [6, 6.07) is -0.0900. The highest BCUT2D eigenvalue weighted by Gasteiger charge is 2.37. The van der Waals surface area contributed by atoms with Crippen LogP contribution in [0.25, 0.3) is 0 Å². The lowest BCUT2D eigenvalue weighted by atomic mass is 9.82. The average Bonchev–Trinajstić information content (AvgIpc) is 2.35. The van der Waals surface area contributed by atoms with Crippen LogP contribution in [-0.2, 0) is 0 Å². The minimum atomic E-state index is -0.355. The standard InChI is InChI=1S/C12H22N4O2/c1-13-11-9-10(16(17)18)5-6-12(11,14-2)7-8-15(3)4/h5-6,9,11,13-14H,7-8H2,1-4H3.